The topological polar surface area (TPSA) is 102 Å². The standard InChI is InChI=1S/C21H20N2O5S2/c1-3-28-21(25)16-8-11-18(14(2)13-16)22-20(24)15-6-9-17(10-7-15)23-30(26,27)19-5-4-12-29-19/h4-13,23H,3H2,1-2H3,(H,22,24). The van der Waals surface area contributed by atoms with Crippen LogP contribution >= 0.6 is 11.3 Å². The maximum Gasteiger partial charge on any atom is 0.338 e. The van der Waals surface area contributed by atoms with Crippen LogP contribution in [0.3, 0.4) is 0 Å². The van der Waals surface area contributed by atoms with E-state index < -0.39 is 16.0 Å². The molecule has 3 rings (SSSR count). The van der Waals surface area contributed by atoms with Crippen LogP contribution in [0.4, 0.5) is 11.4 Å². The molecule has 0 spiro atoms. The van der Waals surface area contributed by atoms with Gasteiger partial charge in [0, 0.05) is 16.9 Å². The normalized spacial score (nSPS) is 11.0. The third-order valence-electron chi connectivity index (χ3n) is 4.14. The molecule has 0 aliphatic carbocycles. The van der Waals surface area contributed by atoms with Crippen LogP contribution in [0.1, 0.15) is 33.2 Å². The molecule has 0 aliphatic rings. The molecule has 0 fully saturated rings. The average Bonchev–Trinajstić information content (AvgIpc) is 3.26. The Kier molecular flexibility index (Phi) is 6.53. The minimum atomic E-state index is -3.64. The first kappa shape index (κ1) is 21.5. The molecular weight excluding hydrogens is 424 g/mol. The zero-order valence-electron chi connectivity index (χ0n) is 16.3. The summed E-state index contributed by atoms with van der Waals surface area (Å²) >= 11 is 1.12. The minimum Gasteiger partial charge on any atom is -0.462 e. The van der Waals surface area contributed by atoms with Gasteiger partial charge in [-0.05, 0) is 73.3 Å². The van der Waals surface area contributed by atoms with Gasteiger partial charge in [0.05, 0.1) is 12.2 Å². The lowest BCUT2D eigenvalue weighted by atomic mass is 10.1. The Balaban J connectivity index is 1.68. The fraction of sp³-hybridized carbons (Fsp3) is 0.143. The molecule has 0 unspecified atom stereocenters. The zero-order chi connectivity index (χ0) is 21.7. The first-order chi connectivity index (χ1) is 14.3. The van der Waals surface area contributed by atoms with E-state index in [-0.39, 0.29) is 16.7 Å². The number of ether oxygens (including phenoxy) is 1. The van der Waals surface area contributed by atoms with E-state index in [1.807, 2.05) is 0 Å². The number of carbonyl (C=O) groups is 2. The summed E-state index contributed by atoms with van der Waals surface area (Å²) in [7, 11) is -3.64. The fourth-order valence-electron chi connectivity index (χ4n) is 2.65. The molecule has 0 radical (unpaired) electrons. The number of sulfonamides is 1. The van der Waals surface area contributed by atoms with Crippen molar-refractivity contribution >= 4 is 44.6 Å². The third-order valence-corrected chi connectivity index (χ3v) is 6.92. The molecule has 1 amide bonds. The number of rotatable bonds is 7. The van der Waals surface area contributed by atoms with E-state index in [0.717, 1.165) is 11.3 Å². The highest BCUT2D eigenvalue weighted by Gasteiger charge is 2.16. The van der Waals surface area contributed by atoms with Gasteiger partial charge in [-0.2, -0.15) is 0 Å². The highest BCUT2D eigenvalue weighted by atomic mass is 32.2. The van der Waals surface area contributed by atoms with Gasteiger partial charge in [-0.3, -0.25) is 9.52 Å². The molecule has 3 aromatic rings. The Morgan fingerprint density at radius 1 is 1.03 bits per heavy atom. The van der Waals surface area contributed by atoms with E-state index in [2.05, 4.69) is 10.0 Å². The molecular formula is C21H20N2O5S2. The Bertz CT molecular complexity index is 1150. The number of nitrogens with one attached hydrogen (secondary N) is 2. The molecule has 1 aromatic heterocycles. The number of aryl methyl sites for hydroxylation is 1. The summed E-state index contributed by atoms with van der Waals surface area (Å²) in [5, 5.41) is 4.47. The van der Waals surface area contributed by atoms with Crippen molar-refractivity contribution in [3.8, 4) is 0 Å². The number of amides is 1. The first-order valence-corrected chi connectivity index (χ1v) is 11.4. The molecule has 1 heterocycles. The molecule has 30 heavy (non-hydrogen) atoms. The Morgan fingerprint density at radius 3 is 2.33 bits per heavy atom. The van der Waals surface area contributed by atoms with Crippen LogP contribution < -0.4 is 10.0 Å². The smallest absolute Gasteiger partial charge is 0.338 e. The van der Waals surface area contributed by atoms with E-state index in [1.165, 1.54) is 30.3 Å². The van der Waals surface area contributed by atoms with Gasteiger partial charge in [-0.25, -0.2) is 13.2 Å². The molecule has 0 aliphatic heterocycles. The first-order valence-electron chi connectivity index (χ1n) is 9.05. The van der Waals surface area contributed by atoms with Crippen molar-refractivity contribution in [1.82, 2.24) is 0 Å². The highest BCUT2D eigenvalue weighted by molar-refractivity contribution is 7.94. The van der Waals surface area contributed by atoms with E-state index in [0.29, 0.717) is 28.1 Å². The van der Waals surface area contributed by atoms with E-state index >= 15 is 0 Å². The van der Waals surface area contributed by atoms with Crippen molar-refractivity contribution < 1.29 is 22.7 Å². The molecule has 7 nitrogen and oxygen atoms in total. The van der Waals surface area contributed by atoms with Crippen molar-refractivity contribution in [2.24, 2.45) is 0 Å². The quantitative estimate of drug-likeness (QED) is 0.530. The number of benzene rings is 2. The van der Waals surface area contributed by atoms with Crippen LogP contribution in [0.15, 0.2) is 64.2 Å². The van der Waals surface area contributed by atoms with Crippen molar-refractivity contribution in [2.45, 2.75) is 18.1 Å². The summed E-state index contributed by atoms with van der Waals surface area (Å²) in [5.74, 6) is -0.770. The summed E-state index contributed by atoms with van der Waals surface area (Å²) in [5.41, 5.74) is 2.41. The van der Waals surface area contributed by atoms with Crippen molar-refractivity contribution in [2.75, 3.05) is 16.6 Å². The van der Waals surface area contributed by atoms with Crippen LogP contribution in [0, 0.1) is 6.92 Å². The van der Waals surface area contributed by atoms with Gasteiger partial charge in [0.15, 0.2) is 0 Å². The summed E-state index contributed by atoms with van der Waals surface area (Å²) < 4.78 is 32.2. The monoisotopic (exact) mass is 444 g/mol. The predicted molar refractivity (Wildman–Crippen MR) is 117 cm³/mol. The number of hydrogen-bond donors (Lipinski definition) is 2. The SMILES string of the molecule is CCOC(=O)c1ccc(NC(=O)c2ccc(NS(=O)(=O)c3cccs3)cc2)c(C)c1. The van der Waals surface area contributed by atoms with Crippen molar-refractivity contribution in [1.29, 1.82) is 0 Å². The van der Waals surface area contributed by atoms with Crippen LogP contribution in [0.2, 0.25) is 0 Å². The summed E-state index contributed by atoms with van der Waals surface area (Å²) in [4.78, 5) is 24.3. The number of anilines is 2. The third kappa shape index (κ3) is 5.05. The van der Waals surface area contributed by atoms with Gasteiger partial charge in [0.1, 0.15) is 4.21 Å². The van der Waals surface area contributed by atoms with Crippen LogP contribution in [-0.4, -0.2) is 26.9 Å². The van der Waals surface area contributed by atoms with Crippen LogP contribution in [-0.2, 0) is 14.8 Å². The van der Waals surface area contributed by atoms with E-state index in [9.17, 15) is 18.0 Å². The fourth-order valence-corrected chi connectivity index (χ4v) is 4.70. The number of esters is 1. The van der Waals surface area contributed by atoms with E-state index in [4.69, 9.17) is 4.74 Å². The molecule has 0 atom stereocenters. The molecule has 2 N–H and O–H groups in total. The maximum absolute atomic E-state index is 12.5. The predicted octanol–water partition coefficient (Wildman–Crippen LogP) is 4.29. The van der Waals surface area contributed by atoms with Crippen molar-refractivity contribution in [3.63, 3.8) is 0 Å². The second-order valence-corrected chi connectivity index (χ2v) is 9.18. The number of carbonyl (C=O) groups excluding carboxylic acids is 2. The molecule has 9 heteroatoms. The average molecular weight is 445 g/mol. The molecule has 0 saturated carbocycles. The minimum absolute atomic E-state index is 0.214. The summed E-state index contributed by atoms with van der Waals surface area (Å²) in [6.07, 6.45) is 0. The second kappa shape index (κ2) is 9.10. The maximum atomic E-state index is 12.5. The molecule has 0 bridgehead atoms. The Hall–Kier alpha value is -3.17. The summed E-state index contributed by atoms with van der Waals surface area (Å²) in [6, 6.07) is 14.2. The lowest BCUT2D eigenvalue weighted by Crippen LogP contribution is -2.14. The van der Waals surface area contributed by atoms with Gasteiger partial charge in [0.2, 0.25) is 0 Å². The largest absolute Gasteiger partial charge is 0.462 e. The summed E-state index contributed by atoms with van der Waals surface area (Å²) in [6.45, 7) is 3.80. The number of thiophene rings is 1. The van der Waals surface area contributed by atoms with E-state index in [1.54, 1.807) is 43.5 Å². The number of hydrogen-bond acceptors (Lipinski definition) is 6. The Labute approximate surface area is 178 Å². The lowest BCUT2D eigenvalue weighted by Gasteiger charge is -2.11. The van der Waals surface area contributed by atoms with Crippen LogP contribution in [0.5, 0.6) is 0 Å². The lowest BCUT2D eigenvalue weighted by molar-refractivity contribution is 0.0526. The van der Waals surface area contributed by atoms with Gasteiger partial charge in [-0.15, -0.1) is 11.3 Å². The van der Waals surface area contributed by atoms with Crippen LogP contribution in [0.25, 0.3) is 0 Å². The Morgan fingerprint density at radius 2 is 1.73 bits per heavy atom. The molecule has 156 valence electrons. The van der Waals surface area contributed by atoms with Gasteiger partial charge in [0.25, 0.3) is 15.9 Å². The van der Waals surface area contributed by atoms with Gasteiger partial charge >= 0.3 is 5.97 Å². The molecule has 2 aromatic carbocycles. The van der Waals surface area contributed by atoms with Gasteiger partial charge in [-0.1, -0.05) is 6.07 Å². The van der Waals surface area contributed by atoms with Gasteiger partial charge < -0.3 is 10.1 Å². The molecule has 0 saturated heterocycles. The van der Waals surface area contributed by atoms with Crippen molar-refractivity contribution in [3.05, 3.63) is 76.7 Å². The zero-order valence-corrected chi connectivity index (χ0v) is 18.0. The second-order valence-electron chi connectivity index (χ2n) is 6.32. The highest BCUT2D eigenvalue weighted by Crippen LogP contribution is 2.22.